The number of nitrogens with one attached hydrogen (secondary N) is 3. The number of hydrogen-bond acceptors (Lipinski definition) is 2. The molecule has 136 valence electrons. The molecule has 0 aromatic heterocycles. The van der Waals surface area contributed by atoms with E-state index in [4.69, 9.17) is 11.6 Å². The maximum Gasteiger partial charge on any atom is 0.417 e. The number of amides is 3. The normalized spacial score (nSPS) is 19.2. The number of carbonyl (C=O) groups is 2. The lowest BCUT2D eigenvalue weighted by atomic mass is 9.86. The Morgan fingerprint density at radius 3 is 2.50 bits per heavy atom. The number of fused-ring (bicyclic) bond motifs is 1. The van der Waals surface area contributed by atoms with Crippen molar-refractivity contribution in [3.05, 3.63) is 64.7 Å². The Morgan fingerprint density at radius 1 is 1.15 bits per heavy atom. The first-order chi connectivity index (χ1) is 12.2. The summed E-state index contributed by atoms with van der Waals surface area (Å²) >= 11 is 5.85. The molecule has 0 saturated heterocycles. The Hall–Kier alpha value is -2.74. The van der Waals surface area contributed by atoms with Gasteiger partial charge in [0.2, 0.25) is 0 Å². The highest BCUT2D eigenvalue weighted by atomic mass is 35.5. The van der Waals surface area contributed by atoms with Crippen LogP contribution in [0.5, 0.6) is 0 Å². The van der Waals surface area contributed by atoms with E-state index in [2.05, 4.69) is 10.6 Å². The molecule has 0 bridgehead atoms. The molecule has 1 heterocycles. The van der Waals surface area contributed by atoms with Gasteiger partial charge in [0.25, 0.3) is 5.91 Å². The predicted octanol–water partition coefficient (Wildman–Crippen LogP) is 3.66. The molecule has 0 saturated carbocycles. The van der Waals surface area contributed by atoms with Crippen LogP contribution < -0.4 is 16.0 Å². The van der Waals surface area contributed by atoms with Crippen molar-refractivity contribution >= 4 is 29.2 Å². The third-order valence-electron chi connectivity index (χ3n) is 4.05. The second-order valence-electron chi connectivity index (χ2n) is 5.72. The Kier molecular flexibility index (Phi) is 4.53. The molecule has 1 atom stereocenters. The van der Waals surface area contributed by atoms with Crippen molar-refractivity contribution in [2.24, 2.45) is 0 Å². The summed E-state index contributed by atoms with van der Waals surface area (Å²) in [5.41, 5.74) is -2.90. The minimum absolute atomic E-state index is 0.0237. The van der Waals surface area contributed by atoms with E-state index in [1.807, 2.05) is 5.32 Å². The van der Waals surface area contributed by atoms with Crippen LogP contribution in [0.3, 0.4) is 0 Å². The van der Waals surface area contributed by atoms with Crippen molar-refractivity contribution in [2.45, 2.75) is 11.7 Å². The summed E-state index contributed by atoms with van der Waals surface area (Å²) in [5.74, 6) is -0.689. The maximum absolute atomic E-state index is 14.0. The van der Waals surface area contributed by atoms with Crippen molar-refractivity contribution in [2.75, 3.05) is 11.9 Å². The average Bonchev–Trinajstić information content (AvgIpc) is 2.59. The molecule has 26 heavy (non-hydrogen) atoms. The quantitative estimate of drug-likeness (QED) is 0.757. The molecule has 5 nitrogen and oxygen atoms in total. The summed E-state index contributed by atoms with van der Waals surface area (Å²) in [6, 6.07) is 10.6. The van der Waals surface area contributed by atoms with Crippen LogP contribution in [-0.2, 0) is 5.54 Å². The lowest BCUT2D eigenvalue weighted by molar-refractivity contribution is -0.195. The van der Waals surface area contributed by atoms with Crippen LogP contribution in [0.2, 0.25) is 5.02 Å². The van der Waals surface area contributed by atoms with Crippen molar-refractivity contribution in [3.63, 3.8) is 0 Å². The minimum Gasteiger partial charge on any atom is -0.349 e. The Balaban J connectivity index is 2.00. The van der Waals surface area contributed by atoms with Crippen LogP contribution in [0, 0.1) is 0 Å². The van der Waals surface area contributed by atoms with Gasteiger partial charge in [-0.1, -0.05) is 29.8 Å². The van der Waals surface area contributed by atoms with Gasteiger partial charge < -0.3 is 16.0 Å². The third kappa shape index (κ3) is 3.20. The maximum atomic E-state index is 14.0. The highest BCUT2D eigenvalue weighted by Gasteiger charge is 2.59. The van der Waals surface area contributed by atoms with Gasteiger partial charge in [0, 0.05) is 21.8 Å². The highest BCUT2D eigenvalue weighted by Crippen LogP contribution is 2.44. The van der Waals surface area contributed by atoms with Crippen LogP contribution in [0.1, 0.15) is 15.9 Å². The van der Waals surface area contributed by atoms with E-state index in [0.29, 0.717) is 0 Å². The molecule has 2 aromatic carbocycles. The second-order valence-corrected chi connectivity index (χ2v) is 6.16. The minimum atomic E-state index is -4.88. The summed E-state index contributed by atoms with van der Waals surface area (Å²) in [6.45, 7) is -0.884. The summed E-state index contributed by atoms with van der Waals surface area (Å²) in [5, 5.41) is 6.55. The first-order valence-electron chi connectivity index (χ1n) is 7.52. The third-order valence-corrected chi connectivity index (χ3v) is 4.29. The first kappa shape index (κ1) is 18.1. The second kappa shape index (κ2) is 6.53. The summed E-state index contributed by atoms with van der Waals surface area (Å²) in [4.78, 5) is 24.0. The van der Waals surface area contributed by atoms with Crippen LogP contribution in [0.15, 0.2) is 48.5 Å². The van der Waals surface area contributed by atoms with E-state index in [1.165, 1.54) is 24.3 Å². The van der Waals surface area contributed by atoms with E-state index in [1.54, 1.807) is 18.2 Å². The Bertz CT molecular complexity index is 858. The zero-order valence-electron chi connectivity index (χ0n) is 13.2. The Morgan fingerprint density at radius 2 is 1.85 bits per heavy atom. The summed E-state index contributed by atoms with van der Waals surface area (Å²) in [7, 11) is 0. The molecule has 0 radical (unpaired) electrons. The van der Waals surface area contributed by atoms with Gasteiger partial charge in [-0.05, 0) is 30.3 Å². The number of anilines is 1. The van der Waals surface area contributed by atoms with Crippen molar-refractivity contribution in [3.8, 4) is 0 Å². The molecule has 3 N–H and O–H groups in total. The fourth-order valence-electron chi connectivity index (χ4n) is 2.76. The monoisotopic (exact) mass is 383 g/mol. The number of benzene rings is 2. The topological polar surface area (TPSA) is 70.2 Å². The molecule has 0 fully saturated rings. The lowest BCUT2D eigenvalue weighted by Crippen LogP contribution is -2.64. The van der Waals surface area contributed by atoms with Gasteiger partial charge in [-0.2, -0.15) is 13.2 Å². The van der Waals surface area contributed by atoms with Crippen molar-refractivity contribution in [1.82, 2.24) is 10.6 Å². The summed E-state index contributed by atoms with van der Waals surface area (Å²) < 4.78 is 42.0. The van der Waals surface area contributed by atoms with Crippen LogP contribution in [-0.4, -0.2) is 24.7 Å². The Labute approximate surface area is 151 Å². The number of urea groups is 1. The molecule has 2 aromatic rings. The van der Waals surface area contributed by atoms with E-state index >= 15 is 0 Å². The zero-order valence-corrected chi connectivity index (χ0v) is 13.9. The molecule has 0 spiro atoms. The van der Waals surface area contributed by atoms with Gasteiger partial charge in [-0.15, -0.1) is 0 Å². The van der Waals surface area contributed by atoms with Crippen molar-refractivity contribution in [1.29, 1.82) is 0 Å². The fourth-order valence-corrected chi connectivity index (χ4v) is 2.93. The van der Waals surface area contributed by atoms with Crippen molar-refractivity contribution < 1.29 is 22.8 Å². The largest absolute Gasteiger partial charge is 0.417 e. The molecule has 3 rings (SSSR count). The molecule has 1 aliphatic rings. The van der Waals surface area contributed by atoms with Crippen LogP contribution >= 0.6 is 11.6 Å². The SMILES string of the molecule is O=C1Nc2ccc(Cl)cc2C(CNC(=O)c2ccccc2)(C(F)(F)F)N1. The molecule has 0 aliphatic carbocycles. The van der Waals surface area contributed by atoms with Gasteiger partial charge in [0.05, 0.1) is 6.54 Å². The molecular formula is C17H13ClF3N3O2. The van der Waals surface area contributed by atoms with Gasteiger partial charge in [0.15, 0.2) is 5.54 Å². The number of hydrogen-bond donors (Lipinski definition) is 3. The first-order valence-corrected chi connectivity index (χ1v) is 7.90. The standard InChI is InChI=1S/C17H13ClF3N3O2/c18-11-6-7-13-12(8-11)16(17(19,20)21,24-15(26)23-13)9-22-14(25)10-4-2-1-3-5-10/h1-8H,9H2,(H,22,25)(H2,23,24,26). The molecule has 3 amide bonds. The van der Waals surface area contributed by atoms with Crippen LogP contribution in [0.25, 0.3) is 0 Å². The number of halogens is 4. The van der Waals surface area contributed by atoms with Gasteiger partial charge in [0.1, 0.15) is 0 Å². The average molecular weight is 384 g/mol. The molecule has 1 aliphatic heterocycles. The number of alkyl halides is 3. The summed E-state index contributed by atoms with van der Waals surface area (Å²) in [6.07, 6.45) is -4.88. The number of carbonyl (C=O) groups excluding carboxylic acids is 2. The van der Waals surface area contributed by atoms with Gasteiger partial charge in [-0.25, -0.2) is 4.79 Å². The molecule has 9 heteroatoms. The van der Waals surface area contributed by atoms with E-state index < -0.39 is 30.2 Å². The van der Waals surface area contributed by atoms with E-state index in [-0.39, 0.29) is 21.8 Å². The molecule has 1 unspecified atom stereocenters. The molecular weight excluding hydrogens is 371 g/mol. The van der Waals surface area contributed by atoms with Crippen LogP contribution in [0.4, 0.5) is 23.7 Å². The lowest BCUT2D eigenvalue weighted by Gasteiger charge is -2.41. The predicted molar refractivity (Wildman–Crippen MR) is 90.1 cm³/mol. The van der Waals surface area contributed by atoms with Gasteiger partial charge in [-0.3, -0.25) is 4.79 Å². The van der Waals surface area contributed by atoms with E-state index in [9.17, 15) is 22.8 Å². The highest BCUT2D eigenvalue weighted by molar-refractivity contribution is 6.30. The zero-order chi connectivity index (χ0) is 18.9. The fraction of sp³-hybridized carbons (Fsp3) is 0.176. The van der Waals surface area contributed by atoms with Gasteiger partial charge >= 0.3 is 12.2 Å². The smallest absolute Gasteiger partial charge is 0.349 e. The van der Waals surface area contributed by atoms with E-state index in [0.717, 1.165) is 6.07 Å². The number of rotatable bonds is 3.